The van der Waals surface area contributed by atoms with Crippen molar-refractivity contribution in [2.45, 2.75) is 64.5 Å². The molecule has 0 bridgehead atoms. The predicted molar refractivity (Wildman–Crippen MR) is 79.3 cm³/mol. The van der Waals surface area contributed by atoms with E-state index in [4.69, 9.17) is 16.3 Å². The molecule has 1 saturated carbocycles. The van der Waals surface area contributed by atoms with Gasteiger partial charge in [-0.05, 0) is 26.7 Å². The first-order chi connectivity index (χ1) is 9.64. The van der Waals surface area contributed by atoms with Crippen LogP contribution in [-0.4, -0.2) is 27.8 Å². The van der Waals surface area contributed by atoms with Crippen LogP contribution in [0, 0.1) is 0 Å². The molecule has 0 aromatic carbocycles. The van der Waals surface area contributed by atoms with Crippen LogP contribution in [0.2, 0.25) is 5.02 Å². The van der Waals surface area contributed by atoms with E-state index in [-0.39, 0.29) is 5.78 Å². The largest absolute Gasteiger partial charge is 0.367 e. The Labute approximate surface area is 125 Å². The summed E-state index contributed by atoms with van der Waals surface area (Å²) in [5, 5.41) is 4.60. The van der Waals surface area contributed by atoms with E-state index in [0.717, 1.165) is 25.7 Å². The van der Waals surface area contributed by atoms with E-state index in [1.54, 1.807) is 10.9 Å². The lowest BCUT2D eigenvalue weighted by Gasteiger charge is -2.31. The number of carbonyl (C=O) groups is 1. The molecule has 4 nitrogen and oxygen atoms in total. The molecule has 0 atom stereocenters. The van der Waals surface area contributed by atoms with Crippen LogP contribution >= 0.6 is 11.6 Å². The van der Waals surface area contributed by atoms with Crippen LogP contribution < -0.4 is 0 Å². The highest BCUT2D eigenvalue weighted by Crippen LogP contribution is 2.35. The number of hydrogen-bond acceptors (Lipinski definition) is 3. The summed E-state index contributed by atoms with van der Waals surface area (Å²) in [6, 6.07) is 0. The van der Waals surface area contributed by atoms with E-state index in [1.165, 1.54) is 12.8 Å². The molecule has 1 aliphatic rings. The third-order valence-electron chi connectivity index (χ3n) is 4.06. The van der Waals surface area contributed by atoms with Crippen molar-refractivity contribution in [2.75, 3.05) is 6.61 Å². The molecule has 1 aliphatic carbocycles. The van der Waals surface area contributed by atoms with Gasteiger partial charge in [0.15, 0.2) is 0 Å². The highest BCUT2D eigenvalue weighted by molar-refractivity contribution is 6.34. The lowest BCUT2D eigenvalue weighted by atomic mass is 9.87. The summed E-state index contributed by atoms with van der Waals surface area (Å²) in [6.45, 7) is 5.08. The Morgan fingerprint density at radius 2 is 2.00 bits per heavy atom. The van der Waals surface area contributed by atoms with Crippen molar-refractivity contribution in [3.05, 3.63) is 16.9 Å². The molecule has 2 rings (SSSR count). The summed E-state index contributed by atoms with van der Waals surface area (Å²) in [6.07, 6.45) is 7.52. The van der Waals surface area contributed by atoms with Crippen molar-refractivity contribution in [1.82, 2.24) is 9.78 Å². The molecule has 0 amide bonds. The van der Waals surface area contributed by atoms with Gasteiger partial charge in [0.25, 0.3) is 0 Å². The molecular weight excluding hydrogens is 276 g/mol. The first kappa shape index (κ1) is 15.5. The highest BCUT2D eigenvalue weighted by Gasteiger charge is 2.42. The van der Waals surface area contributed by atoms with Gasteiger partial charge in [0.2, 0.25) is 5.78 Å². The van der Waals surface area contributed by atoms with Gasteiger partial charge in [-0.15, -0.1) is 0 Å². The van der Waals surface area contributed by atoms with Crippen molar-refractivity contribution in [2.24, 2.45) is 0 Å². The lowest BCUT2D eigenvalue weighted by Crippen LogP contribution is -2.42. The van der Waals surface area contributed by atoms with E-state index in [0.29, 0.717) is 23.9 Å². The van der Waals surface area contributed by atoms with Gasteiger partial charge < -0.3 is 4.74 Å². The van der Waals surface area contributed by atoms with Crippen molar-refractivity contribution in [3.8, 4) is 0 Å². The van der Waals surface area contributed by atoms with Gasteiger partial charge in [-0.1, -0.05) is 37.3 Å². The number of nitrogens with zero attached hydrogens (tertiary/aromatic N) is 2. The number of aromatic nitrogens is 2. The van der Waals surface area contributed by atoms with E-state index < -0.39 is 5.60 Å². The molecule has 1 heterocycles. The Hall–Kier alpha value is -0.870. The van der Waals surface area contributed by atoms with Gasteiger partial charge >= 0.3 is 0 Å². The normalized spacial score (nSPS) is 18.8. The number of halogens is 1. The van der Waals surface area contributed by atoms with Crippen LogP contribution in [0.15, 0.2) is 6.20 Å². The fourth-order valence-corrected chi connectivity index (χ4v) is 3.28. The van der Waals surface area contributed by atoms with Gasteiger partial charge in [-0.3, -0.25) is 9.48 Å². The second-order valence-electron chi connectivity index (χ2n) is 5.33. The zero-order chi connectivity index (χ0) is 14.6. The van der Waals surface area contributed by atoms with Crippen LogP contribution in [-0.2, 0) is 11.3 Å². The second-order valence-corrected chi connectivity index (χ2v) is 5.73. The monoisotopic (exact) mass is 298 g/mol. The maximum Gasteiger partial charge on any atom is 0.214 e. The minimum Gasteiger partial charge on any atom is -0.367 e. The highest BCUT2D eigenvalue weighted by atomic mass is 35.5. The van der Waals surface area contributed by atoms with Crippen molar-refractivity contribution in [3.63, 3.8) is 0 Å². The fraction of sp³-hybridized carbons (Fsp3) is 0.733. The Balaban J connectivity index is 2.37. The average molecular weight is 299 g/mol. The zero-order valence-electron chi connectivity index (χ0n) is 12.3. The Morgan fingerprint density at radius 3 is 2.55 bits per heavy atom. The summed E-state index contributed by atoms with van der Waals surface area (Å²) < 4.78 is 7.62. The molecule has 0 spiro atoms. The van der Waals surface area contributed by atoms with Crippen LogP contribution in [0.1, 0.15) is 62.9 Å². The standard InChI is InChI=1S/C15H23ClN2O2/c1-3-18-13(12(16)11-17-18)14(19)15(20-4-2)9-7-5-6-8-10-15/h11H,3-10H2,1-2H3. The first-order valence-electron chi connectivity index (χ1n) is 7.54. The number of ketones is 1. The fourth-order valence-electron chi connectivity index (χ4n) is 3.06. The summed E-state index contributed by atoms with van der Waals surface area (Å²) >= 11 is 6.18. The molecule has 1 aromatic rings. The van der Waals surface area contributed by atoms with Gasteiger partial charge in [0.1, 0.15) is 11.3 Å². The average Bonchev–Trinajstić information content (AvgIpc) is 2.66. The third-order valence-corrected chi connectivity index (χ3v) is 4.33. The van der Waals surface area contributed by atoms with E-state index in [9.17, 15) is 4.79 Å². The molecule has 20 heavy (non-hydrogen) atoms. The number of Topliss-reactive ketones (excluding diaryl/α,β-unsaturated/α-hetero) is 1. The predicted octanol–water partition coefficient (Wildman–Crippen LogP) is 3.87. The number of aryl methyl sites for hydroxylation is 1. The summed E-state index contributed by atoms with van der Waals surface area (Å²) in [7, 11) is 0. The van der Waals surface area contributed by atoms with E-state index in [2.05, 4.69) is 5.10 Å². The SMILES string of the molecule is CCOC1(C(=O)c2c(Cl)cnn2CC)CCCCCC1. The smallest absolute Gasteiger partial charge is 0.214 e. The molecule has 5 heteroatoms. The molecule has 0 saturated heterocycles. The zero-order valence-corrected chi connectivity index (χ0v) is 13.1. The minimum absolute atomic E-state index is 0.00519. The quantitative estimate of drug-likeness (QED) is 0.612. The molecule has 0 radical (unpaired) electrons. The molecule has 1 aromatic heterocycles. The number of hydrogen-bond donors (Lipinski definition) is 0. The minimum atomic E-state index is -0.707. The Kier molecular flexibility index (Phi) is 5.22. The molecule has 0 unspecified atom stereocenters. The van der Waals surface area contributed by atoms with Gasteiger partial charge in [0.05, 0.1) is 11.2 Å². The van der Waals surface area contributed by atoms with Crippen LogP contribution in [0.4, 0.5) is 0 Å². The Bertz CT molecular complexity index is 462. The molecule has 1 fully saturated rings. The van der Waals surface area contributed by atoms with Gasteiger partial charge in [-0.2, -0.15) is 5.10 Å². The molecule has 0 N–H and O–H groups in total. The number of rotatable bonds is 5. The number of carbonyl (C=O) groups excluding carboxylic acids is 1. The van der Waals surface area contributed by atoms with Crippen molar-refractivity contribution in [1.29, 1.82) is 0 Å². The molecular formula is C15H23ClN2O2. The van der Waals surface area contributed by atoms with Crippen LogP contribution in [0.5, 0.6) is 0 Å². The summed E-state index contributed by atoms with van der Waals surface area (Å²) in [5.74, 6) is 0.00519. The Morgan fingerprint density at radius 1 is 1.35 bits per heavy atom. The summed E-state index contributed by atoms with van der Waals surface area (Å²) in [4.78, 5) is 13.1. The third kappa shape index (κ3) is 2.91. The van der Waals surface area contributed by atoms with Gasteiger partial charge in [0, 0.05) is 13.2 Å². The van der Waals surface area contributed by atoms with Crippen molar-refractivity contribution >= 4 is 17.4 Å². The van der Waals surface area contributed by atoms with E-state index >= 15 is 0 Å². The topological polar surface area (TPSA) is 44.1 Å². The number of ether oxygens (including phenoxy) is 1. The van der Waals surface area contributed by atoms with Crippen LogP contribution in [0.3, 0.4) is 0 Å². The van der Waals surface area contributed by atoms with E-state index in [1.807, 2.05) is 13.8 Å². The second kappa shape index (κ2) is 6.72. The van der Waals surface area contributed by atoms with Crippen molar-refractivity contribution < 1.29 is 9.53 Å². The molecule has 112 valence electrons. The maximum absolute atomic E-state index is 13.1. The van der Waals surface area contributed by atoms with Gasteiger partial charge in [-0.25, -0.2) is 0 Å². The molecule has 0 aliphatic heterocycles. The summed E-state index contributed by atoms with van der Waals surface area (Å²) in [5.41, 5.74) is -0.202. The van der Waals surface area contributed by atoms with Crippen LogP contribution in [0.25, 0.3) is 0 Å². The maximum atomic E-state index is 13.1. The first-order valence-corrected chi connectivity index (χ1v) is 7.92. The lowest BCUT2D eigenvalue weighted by molar-refractivity contribution is -0.0299.